The molecule has 0 unspecified atom stereocenters. The Bertz CT molecular complexity index is 738. The average Bonchev–Trinajstić information content (AvgIpc) is 2.72. The Morgan fingerprint density at radius 3 is 2.73 bits per heavy atom. The predicted octanol–water partition coefficient (Wildman–Crippen LogP) is 4.76. The van der Waals surface area contributed by atoms with Gasteiger partial charge < -0.3 is 4.90 Å². The van der Waals surface area contributed by atoms with E-state index in [0.29, 0.717) is 6.54 Å². The van der Waals surface area contributed by atoms with E-state index in [0.717, 1.165) is 34.9 Å². The minimum Gasteiger partial charge on any atom is -0.307 e. The van der Waals surface area contributed by atoms with Crippen LogP contribution in [0.4, 0.5) is 14.5 Å². The quantitative estimate of drug-likeness (QED) is 0.698. The summed E-state index contributed by atoms with van der Waals surface area (Å²) in [7, 11) is 0. The summed E-state index contributed by atoms with van der Waals surface area (Å²) in [6.45, 7) is 0.512. The number of carbonyl (C=O) groups excluding carboxylic acids is 1. The number of amides is 1. The summed E-state index contributed by atoms with van der Waals surface area (Å²) in [6.07, 6.45) is 0.812. The van der Waals surface area contributed by atoms with E-state index in [9.17, 15) is 13.6 Å². The van der Waals surface area contributed by atoms with Crippen LogP contribution in [0, 0.1) is 11.6 Å². The average molecular weight is 340 g/mol. The minimum absolute atomic E-state index is 0.0257. The molecule has 22 heavy (non-hydrogen) atoms. The molecular weight excluding hydrogens is 328 g/mol. The number of anilines is 1. The maximum Gasteiger partial charge on any atom is 0.259 e. The maximum absolute atomic E-state index is 13.5. The van der Waals surface area contributed by atoms with Gasteiger partial charge in [-0.05, 0) is 36.4 Å². The highest BCUT2D eigenvalue weighted by Gasteiger charge is 2.25. The summed E-state index contributed by atoms with van der Waals surface area (Å²) in [5.74, 6) is -1.66. The van der Waals surface area contributed by atoms with Crippen LogP contribution in [-0.4, -0.2) is 18.2 Å². The molecule has 0 saturated heterocycles. The van der Waals surface area contributed by atoms with Gasteiger partial charge in [0.2, 0.25) is 0 Å². The number of thioether (sulfide) groups is 1. The van der Waals surface area contributed by atoms with Crippen LogP contribution < -0.4 is 4.90 Å². The first-order valence-corrected chi connectivity index (χ1v) is 8.12. The molecule has 0 bridgehead atoms. The monoisotopic (exact) mass is 339 g/mol. The van der Waals surface area contributed by atoms with Gasteiger partial charge in [0.1, 0.15) is 0 Å². The lowest BCUT2D eigenvalue weighted by atomic mass is 10.1. The van der Waals surface area contributed by atoms with E-state index in [1.165, 1.54) is 0 Å². The molecule has 0 spiro atoms. The van der Waals surface area contributed by atoms with E-state index in [-0.39, 0.29) is 10.6 Å². The Labute approximate surface area is 136 Å². The molecule has 6 heteroatoms. The molecule has 0 fully saturated rings. The number of halogens is 3. The topological polar surface area (TPSA) is 20.3 Å². The van der Waals surface area contributed by atoms with Crippen LogP contribution >= 0.6 is 23.4 Å². The summed E-state index contributed by atoms with van der Waals surface area (Å²) in [6, 6.07) is 9.24. The summed E-state index contributed by atoms with van der Waals surface area (Å²) in [5.41, 5.74) is 0.748. The Morgan fingerprint density at radius 1 is 1.18 bits per heavy atom. The van der Waals surface area contributed by atoms with E-state index in [2.05, 4.69) is 0 Å². The molecule has 2 aromatic rings. The number of rotatable bonds is 1. The van der Waals surface area contributed by atoms with Gasteiger partial charge in [-0.15, -0.1) is 11.8 Å². The first-order valence-electron chi connectivity index (χ1n) is 6.76. The highest BCUT2D eigenvalue weighted by Crippen LogP contribution is 2.35. The standard InChI is InChI=1S/C16H12ClF2NOS/c17-11-9-13(19)12(18)8-10(11)16(21)20-6-3-7-22-15-5-2-1-4-14(15)20/h1-2,4-5,8-9H,3,6-7H2. The number of carbonyl (C=O) groups is 1. The molecule has 114 valence electrons. The summed E-state index contributed by atoms with van der Waals surface area (Å²) >= 11 is 7.60. The van der Waals surface area contributed by atoms with Gasteiger partial charge in [0, 0.05) is 11.4 Å². The SMILES string of the molecule is O=C(c1cc(F)c(F)cc1Cl)N1CCCSc2ccccc21. The van der Waals surface area contributed by atoms with Crippen molar-refractivity contribution in [1.82, 2.24) is 0 Å². The van der Waals surface area contributed by atoms with E-state index in [1.54, 1.807) is 16.7 Å². The van der Waals surface area contributed by atoms with Crippen molar-refractivity contribution < 1.29 is 13.6 Å². The lowest BCUT2D eigenvalue weighted by molar-refractivity contribution is 0.0986. The zero-order valence-electron chi connectivity index (χ0n) is 11.5. The Morgan fingerprint density at radius 2 is 1.91 bits per heavy atom. The smallest absolute Gasteiger partial charge is 0.259 e. The van der Waals surface area contributed by atoms with E-state index < -0.39 is 17.5 Å². The molecular formula is C16H12ClF2NOS. The van der Waals surface area contributed by atoms with E-state index >= 15 is 0 Å². The molecule has 2 nitrogen and oxygen atoms in total. The van der Waals surface area contributed by atoms with E-state index in [1.807, 2.05) is 24.3 Å². The highest BCUT2D eigenvalue weighted by molar-refractivity contribution is 7.99. The fraction of sp³-hybridized carbons (Fsp3) is 0.188. The molecule has 0 radical (unpaired) electrons. The van der Waals surface area contributed by atoms with Crippen LogP contribution in [0.25, 0.3) is 0 Å². The number of fused-ring (bicyclic) bond motifs is 1. The summed E-state index contributed by atoms with van der Waals surface area (Å²) in [5, 5.41) is -0.0849. The van der Waals surface area contributed by atoms with Crippen molar-refractivity contribution in [3.63, 3.8) is 0 Å². The minimum atomic E-state index is -1.08. The number of benzene rings is 2. The molecule has 2 aromatic carbocycles. The molecule has 1 heterocycles. The molecule has 1 aliphatic heterocycles. The lowest BCUT2D eigenvalue weighted by Gasteiger charge is -2.23. The Hall–Kier alpha value is -1.59. The molecule has 0 saturated carbocycles. The highest BCUT2D eigenvalue weighted by atomic mass is 35.5. The zero-order valence-corrected chi connectivity index (χ0v) is 13.1. The number of nitrogens with zero attached hydrogens (tertiary/aromatic N) is 1. The van der Waals surface area contributed by atoms with Crippen LogP contribution in [0.2, 0.25) is 5.02 Å². The Balaban J connectivity index is 2.04. The normalized spacial score (nSPS) is 14.4. The largest absolute Gasteiger partial charge is 0.307 e. The number of hydrogen-bond donors (Lipinski definition) is 0. The van der Waals surface area contributed by atoms with Crippen molar-refractivity contribution in [2.24, 2.45) is 0 Å². The maximum atomic E-state index is 13.5. The van der Waals surface area contributed by atoms with Gasteiger partial charge in [-0.25, -0.2) is 8.78 Å². The zero-order chi connectivity index (χ0) is 15.7. The van der Waals surface area contributed by atoms with Gasteiger partial charge in [-0.3, -0.25) is 4.79 Å². The van der Waals surface area contributed by atoms with Gasteiger partial charge in [0.05, 0.1) is 16.3 Å². The molecule has 0 N–H and O–H groups in total. The lowest BCUT2D eigenvalue weighted by Crippen LogP contribution is -2.32. The molecule has 1 aliphatic rings. The third-order valence-electron chi connectivity index (χ3n) is 3.43. The van der Waals surface area contributed by atoms with Gasteiger partial charge in [-0.2, -0.15) is 0 Å². The molecule has 0 atom stereocenters. The van der Waals surface area contributed by atoms with E-state index in [4.69, 9.17) is 11.6 Å². The molecule has 0 aromatic heterocycles. The molecule has 3 rings (SSSR count). The van der Waals surface area contributed by atoms with Crippen molar-refractivity contribution in [3.05, 3.63) is 58.6 Å². The second-order valence-electron chi connectivity index (χ2n) is 4.87. The van der Waals surface area contributed by atoms with Crippen LogP contribution in [0.1, 0.15) is 16.8 Å². The van der Waals surface area contributed by atoms with Gasteiger partial charge >= 0.3 is 0 Å². The number of hydrogen-bond acceptors (Lipinski definition) is 2. The van der Waals surface area contributed by atoms with Crippen molar-refractivity contribution in [2.75, 3.05) is 17.2 Å². The molecule has 0 aliphatic carbocycles. The Kier molecular flexibility index (Phi) is 4.36. The molecule has 1 amide bonds. The van der Waals surface area contributed by atoms with Crippen molar-refractivity contribution in [1.29, 1.82) is 0 Å². The fourth-order valence-corrected chi connectivity index (χ4v) is 3.60. The first-order chi connectivity index (χ1) is 10.6. The number of para-hydroxylation sites is 1. The predicted molar refractivity (Wildman–Crippen MR) is 84.8 cm³/mol. The second kappa shape index (κ2) is 6.26. The van der Waals surface area contributed by atoms with Gasteiger partial charge in [0.25, 0.3) is 5.91 Å². The summed E-state index contributed by atoms with van der Waals surface area (Å²) < 4.78 is 26.6. The second-order valence-corrected chi connectivity index (χ2v) is 6.42. The van der Waals surface area contributed by atoms with Crippen molar-refractivity contribution >= 4 is 35.0 Å². The van der Waals surface area contributed by atoms with Crippen LogP contribution in [0.5, 0.6) is 0 Å². The third-order valence-corrected chi connectivity index (χ3v) is 4.89. The fourth-order valence-electron chi connectivity index (χ4n) is 2.37. The van der Waals surface area contributed by atoms with Gasteiger partial charge in [0.15, 0.2) is 11.6 Å². The van der Waals surface area contributed by atoms with Crippen LogP contribution in [-0.2, 0) is 0 Å². The van der Waals surface area contributed by atoms with Crippen LogP contribution in [0.15, 0.2) is 41.3 Å². The first kappa shape index (κ1) is 15.3. The van der Waals surface area contributed by atoms with Crippen molar-refractivity contribution in [2.45, 2.75) is 11.3 Å². The third kappa shape index (κ3) is 2.83. The van der Waals surface area contributed by atoms with Crippen molar-refractivity contribution in [3.8, 4) is 0 Å². The summed E-state index contributed by atoms with van der Waals surface area (Å²) in [4.78, 5) is 15.3. The van der Waals surface area contributed by atoms with Gasteiger partial charge in [-0.1, -0.05) is 23.7 Å². The van der Waals surface area contributed by atoms with Crippen LogP contribution in [0.3, 0.4) is 0 Å².